The molecule has 0 spiro atoms. The van der Waals surface area contributed by atoms with Crippen molar-refractivity contribution >= 4 is 17.5 Å². The SMILES string of the molecule is C=C(CCC1CSC=C(C2=CC(CNC)=CCCC2C)C1=O)/C(=C/C)CC. The molecule has 0 aromatic heterocycles. The highest BCUT2D eigenvalue weighted by atomic mass is 32.2. The lowest BCUT2D eigenvalue weighted by molar-refractivity contribution is -0.118. The molecule has 2 aliphatic rings. The van der Waals surface area contributed by atoms with Gasteiger partial charge in [-0.3, -0.25) is 4.79 Å². The molecule has 1 aliphatic heterocycles. The topological polar surface area (TPSA) is 29.1 Å². The van der Waals surface area contributed by atoms with E-state index in [0.717, 1.165) is 50.0 Å². The number of likely N-dealkylation sites (N-methyl/N-ethyl adjacent to an activating group) is 1. The lowest BCUT2D eigenvalue weighted by atomic mass is 9.84. The molecule has 0 saturated carbocycles. The van der Waals surface area contributed by atoms with E-state index in [1.165, 1.54) is 22.3 Å². The van der Waals surface area contributed by atoms with Gasteiger partial charge in [-0.1, -0.05) is 44.2 Å². The van der Waals surface area contributed by atoms with Gasteiger partial charge in [-0.25, -0.2) is 0 Å². The fourth-order valence-electron chi connectivity index (χ4n) is 3.94. The van der Waals surface area contributed by atoms with Crippen molar-refractivity contribution in [1.29, 1.82) is 0 Å². The Morgan fingerprint density at radius 2 is 2.22 bits per heavy atom. The first-order chi connectivity index (χ1) is 13.0. The van der Waals surface area contributed by atoms with E-state index in [1.54, 1.807) is 11.8 Å². The largest absolute Gasteiger partial charge is 0.316 e. The number of nitrogens with one attached hydrogen (secondary N) is 1. The smallest absolute Gasteiger partial charge is 0.167 e. The second kappa shape index (κ2) is 10.9. The van der Waals surface area contributed by atoms with Crippen molar-refractivity contribution < 1.29 is 4.79 Å². The normalized spacial score (nSPS) is 24.1. The fourth-order valence-corrected chi connectivity index (χ4v) is 5.00. The van der Waals surface area contributed by atoms with Crippen LogP contribution in [0.1, 0.15) is 52.9 Å². The minimum absolute atomic E-state index is 0.106. The Morgan fingerprint density at radius 1 is 1.44 bits per heavy atom. The van der Waals surface area contributed by atoms with E-state index >= 15 is 0 Å². The zero-order valence-electron chi connectivity index (χ0n) is 17.4. The van der Waals surface area contributed by atoms with E-state index in [9.17, 15) is 4.79 Å². The Balaban J connectivity index is 2.12. The third-order valence-electron chi connectivity index (χ3n) is 5.68. The van der Waals surface area contributed by atoms with Crippen molar-refractivity contribution in [3.8, 4) is 0 Å². The number of carbonyl (C=O) groups excluding carboxylic acids is 1. The second-order valence-corrected chi connectivity index (χ2v) is 8.53. The van der Waals surface area contributed by atoms with E-state index in [1.807, 2.05) is 7.05 Å². The summed E-state index contributed by atoms with van der Waals surface area (Å²) >= 11 is 1.80. The third kappa shape index (κ3) is 5.83. The van der Waals surface area contributed by atoms with Gasteiger partial charge in [-0.05, 0) is 74.1 Å². The molecule has 2 nitrogen and oxygen atoms in total. The molecular formula is C24H35NOS. The maximum absolute atomic E-state index is 13.3. The number of carbonyl (C=O) groups is 1. The molecule has 0 aromatic rings. The Kier molecular flexibility index (Phi) is 8.85. The minimum atomic E-state index is 0.106. The number of ketones is 1. The molecule has 0 amide bonds. The molecule has 1 heterocycles. The van der Waals surface area contributed by atoms with Gasteiger partial charge in [0, 0.05) is 23.8 Å². The molecule has 2 atom stereocenters. The van der Waals surface area contributed by atoms with Crippen molar-refractivity contribution in [2.24, 2.45) is 11.8 Å². The standard InChI is InChI=1S/C24H35NOS/c1-6-20(7-2)17(3)11-12-21-15-27-16-23(24(21)26)22-13-19(14-25-5)10-8-9-18(22)4/h6,10,13,16,18,21,25H,3,7-9,11-12,14-15H2,1-2,4-5H3/b20-6+. The lowest BCUT2D eigenvalue weighted by Gasteiger charge is -2.25. The molecule has 148 valence electrons. The number of Topliss-reactive ketones (excluding diaryl/α,β-unsaturated/α-hetero) is 1. The maximum Gasteiger partial charge on any atom is 0.167 e. The van der Waals surface area contributed by atoms with Crippen molar-refractivity contribution in [3.63, 3.8) is 0 Å². The molecule has 27 heavy (non-hydrogen) atoms. The summed E-state index contributed by atoms with van der Waals surface area (Å²) in [6, 6.07) is 0. The zero-order chi connectivity index (χ0) is 19.8. The van der Waals surface area contributed by atoms with E-state index in [-0.39, 0.29) is 5.92 Å². The first-order valence-corrected chi connectivity index (χ1v) is 11.3. The molecule has 0 aromatic carbocycles. The summed E-state index contributed by atoms with van der Waals surface area (Å²) in [5.74, 6) is 1.77. The monoisotopic (exact) mass is 385 g/mol. The van der Waals surface area contributed by atoms with Crippen LogP contribution in [0.2, 0.25) is 0 Å². The van der Waals surface area contributed by atoms with Gasteiger partial charge in [0.05, 0.1) is 0 Å². The molecule has 0 bridgehead atoms. The molecule has 0 radical (unpaired) electrons. The van der Waals surface area contributed by atoms with E-state index in [4.69, 9.17) is 0 Å². The van der Waals surface area contributed by atoms with Crippen LogP contribution in [0, 0.1) is 11.8 Å². The van der Waals surface area contributed by atoms with Crippen LogP contribution >= 0.6 is 11.8 Å². The minimum Gasteiger partial charge on any atom is -0.316 e. The highest BCUT2D eigenvalue weighted by Gasteiger charge is 2.30. The average Bonchev–Trinajstić information content (AvgIpc) is 2.84. The van der Waals surface area contributed by atoms with Crippen LogP contribution in [0.25, 0.3) is 0 Å². The van der Waals surface area contributed by atoms with Crippen LogP contribution in [0.5, 0.6) is 0 Å². The summed E-state index contributed by atoms with van der Waals surface area (Å²) in [4.78, 5) is 13.3. The Hall–Kier alpha value is -1.32. The van der Waals surface area contributed by atoms with Crippen LogP contribution < -0.4 is 5.32 Å². The van der Waals surface area contributed by atoms with Crippen LogP contribution in [-0.2, 0) is 4.79 Å². The molecular weight excluding hydrogens is 350 g/mol. The van der Waals surface area contributed by atoms with E-state index < -0.39 is 0 Å². The van der Waals surface area contributed by atoms with E-state index in [2.05, 4.69) is 56.3 Å². The Bertz CT molecular complexity index is 680. The molecule has 2 rings (SSSR count). The average molecular weight is 386 g/mol. The highest BCUT2D eigenvalue weighted by molar-refractivity contribution is 8.02. The molecule has 3 heteroatoms. The number of rotatable bonds is 8. The number of thioether (sulfide) groups is 1. The van der Waals surface area contributed by atoms with Crippen molar-refractivity contribution in [1.82, 2.24) is 5.32 Å². The van der Waals surface area contributed by atoms with Gasteiger partial charge in [0.15, 0.2) is 5.78 Å². The first-order valence-electron chi connectivity index (χ1n) is 10.3. The van der Waals surface area contributed by atoms with Crippen LogP contribution in [0.15, 0.2) is 58.1 Å². The molecule has 0 saturated heterocycles. The quantitative estimate of drug-likeness (QED) is 0.520. The zero-order valence-corrected chi connectivity index (χ0v) is 18.3. The lowest BCUT2D eigenvalue weighted by Crippen LogP contribution is -2.24. The number of hydrogen-bond donors (Lipinski definition) is 1. The van der Waals surface area contributed by atoms with Crippen molar-refractivity contribution in [2.45, 2.75) is 52.9 Å². The highest BCUT2D eigenvalue weighted by Crippen LogP contribution is 2.37. The van der Waals surface area contributed by atoms with Gasteiger partial charge in [0.1, 0.15) is 0 Å². The molecule has 1 aliphatic carbocycles. The number of hydrogen-bond acceptors (Lipinski definition) is 3. The van der Waals surface area contributed by atoms with Crippen LogP contribution in [0.3, 0.4) is 0 Å². The summed E-state index contributed by atoms with van der Waals surface area (Å²) in [6.45, 7) is 11.6. The van der Waals surface area contributed by atoms with Gasteiger partial charge in [-0.15, -0.1) is 11.8 Å². The summed E-state index contributed by atoms with van der Waals surface area (Å²) in [5, 5.41) is 5.35. The predicted molar refractivity (Wildman–Crippen MR) is 120 cm³/mol. The van der Waals surface area contributed by atoms with Gasteiger partial charge in [0.2, 0.25) is 0 Å². The number of allylic oxidation sites excluding steroid dienone is 6. The van der Waals surface area contributed by atoms with Crippen molar-refractivity contribution in [2.75, 3.05) is 19.3 Å². The Morgan fingerprint density at radius 3 is 2.89 bits per heavy atom. The molecule has 0 fully saturated rings. The molecule has 2 unspecified atom stereocenters. The summed E-state index contributed by atoms with van der Waals surface area (Å²) in [6.07, 6.45) is 11.7. The van der Waals surface area contributed by atoms with Crippen LogP contribution in [0.4, 0.5) is 0 Å². The van der Waals surface area contributed by atoms with Gasteiger partial charge < -0.3 is 5.32 Å². The second-order valence-electron chi connectivity index (χ2n) is 7.62. The van der Waals surface area contributed by atoms with Crippen molar-refractivity contribution in [3.05, 3.63) is 58.1 Å². The third-order valence-corrected chi connectivity index (χ3v) is 6.68. The molecule has 1 N–H and O–H groups in total. The van der Waals surface area contributed by atoms with Gasteiger partial charge in [-0.2, -0.15) is 0 Å². The summed E-state index contributed by atoms with van der Waals surface area (Å²) in [5.41, 5.74) is 6.00. The fraction of sp³-hybridized carbons (Fsp3) is 0.542. The van der Waals surface area contributed by atoms with E-state index in [0.29, 0.717) is 11.7 Å². The van der Waals surface area contributed by atoms with Gasteiger partial charge in [0.25, 0.3) is 0 Å². The Labute approximate surface area is 170 Å². The van der Waals surface area contributed by atoms with Gasteiger partial charge >= 0.3 is 0 Å². The summed E-state index contributed by atoms with van der Waals surface area (Å²) in [7, 11) is 1.97. The maximum atomic E-state index is 13.3. The first kappa shape index (κ1) is 22.0. The van der Waals surface area contributed by atoms with Crippen LogP contribution in [-0.4, -0.2) is 25.1 Å². The predicted octanol–water partition coefficient (Wildman–Crippen LogP) is 6.00. The summed E-state index contributed by atoms with van der Waals surface area (Å²) < 4.78 is 0.